The first kappa shape index (κ1) is 11.2. The third kappa shape index (κ3) is 2.87. The Balaban J connectivity index is 2.04. The van der Waals surface area contributed by atoms with Gasteiger partial charge in [-0.25, -0.2) is 8.78 Å². The molecule has 0 aromatic heterocycles. The van der Waals surface area contributed by atoms with E-state index in [1.807, 2.05) is 6.08 Å². The average Bonchev–Trinajstić information content (AvgIpc) is 2.29. The van der Waals surface area contributed by atoms with E-state index >= 15 is 0 Å². The average molecular weight is 225 g/mol. The van der Waals surface area contributed by atoms with Crippen LogP contribution in [0, 0.1) is 11.6 Å². The fourth-order valence-corrected chi connectivity index (χ4v) is 1.57. The summed E-state index contributed by atoms with van der Waals surface area (Å²) in [7, 11) is 0. The molecule has 1 aliphatic rings. The fraction of sp³-hybridized carbons (Fsp3) is 0.333. The number of nitrogens with one attached hydrogen (secondary N) is 1. The molecule has 1 unspecified atom stereocenters. The second-order valence-electron chi connectivity index (χ2n) is 3.66. The topological polar surface area (TPSA) is 21.3 Å². The van der Waals surface area contributed by atoms with Crippen LogP contribution in [0.2, 0.25) is 0 Å². The minimum atomic E-state index is -0.561. The normalized spacial score (nSPS) is 21.5. The maximum Gasteiger partial charge on any atom is 0.133 e. The summed E-state index contributed by atoms with van der Waals surface area (Å²) in [5.41, 5.74) is 0.383. The second-order valence-corrected chi connectivity index (χ2v) is 3.66. The molecule has 0 bridgehead atoms. The van der Waals surface area contributed by atoms with Gasteiger partial charge in [-0.3, -0.25) is 0 Å². The van der Waals surface area contributed by atoms with Gasteiger partial charge in [0.15, 0.2) is 0 Å². The molecule has 1 atom stereocenters. The lowest BCUT2D eigenvalue weighted by molar-refractivity contribution is 0.0903. The van der Waals surface area contributed by atoms with Gasteiger partial charge in [-0.2, -0.15) is 0 Å². The first-order valence-electron chi connectivity index (χ1n) is 5.20. The molecule has 4 heteroatoms. The van der Waals surface area contributed by atoms with Gasteiger partial charge in [-0.1, -0.05) is 12.2 Å². The molecule has 16 heavy (non-hydrogen) atoms. The SMILES string of the molecule is Fc1ccc(/C=C/C2COCCN2)c(F)c1. The van der Waals surface area contributed by atoms with Gasteiger partial charge in [-0.05, 0) is 12.1 Å². The Labute approximate surface area is 92.9 Å². The molecule has 2 rings (SSSR count). The Morgan fingerprint density at radius 3 is 2.94 bits per heavy atom. The molecule has 1 heterocycles. The molecule has 1 aromatic carbocycles. The molecule has 1 saturated heterocycles. The molecule has 1 aromatic rings. The van der Waals surface area contributed by atoms with E-state index in [1.54, 1.807) is 6.08 Å². The zero-order valence-corrected chi connectivity index (χ0v) is 8.75. The number of ether oxygens (including phenoxy) is 1. The van der Waals surface area contributed by atoms with Crippen LogP contribution in [0.4, 0.5) is 8.78 Å². The molecule has 1 N–H and O–H groups in total. The lowest BCUT2D eigenvalue weighted by atomic mass is 10.1. The van der Waals surface area contributed by atoms with E-state index in [4.69, 9.17) is 4.74 Å². The number of hydrogen-bond acceptors (Lipinski definition) is 2. The first-order valence-corrected chi connectivity index (χ1v) is 5.20. The third-order valence-corrected chi connectivity index (χ3v) is 2.42. The minimum absolute atomic E-state index is 0.0956. The highest BCUT2D eigenvalue weighted by Crippen LogP contribution is 2.11. The zero-order valence-electron chi connectivity index (χ0n) is 8.75. The quantitative estimate of drug-likeness (QED) is 0.830. The van der Waals surface area contributed by atoms with Crippen molar-refractivity contribution in [2.75, 3.05) is 19.8 Å². The molecular formula is C12H13F2NO. The number of halogens is 2. The highest BCUT2D eigenvalue weighted by molar-refractivity contribution is 5.50. The van der Waals surface area contributed by atoms with Crippen LogP contribution in [-0.2, 0) is 4.74 Å². The third-order valence-electron chi connectivity index (χ3n) is 2.42. The maximum absolute atomic E-state index is 13.3. The maximum atomic E-state index is 13.3. The lowest BCUT2D eigenvalue weighted by Crippen LogP contribution is -2.39. The van der Waals surface area contributed by atoms with Gasteiger partial charge < -0.3 is 10.1 Å². The van der Waals surface area contributed by atoms with Crippen molar-refractivity contribution < 1.29 is 13.5 Å². The standard InChI is InChI=1S/C12H13F2NO/c13-10-3-1-9(12(14)7-10)2-4-11-8-16-6-5-15-11/h1-4,7,11,15H,5-6,8H2/b4-2+. The summed E-state index contributed by atoms with van der Waals surface area (Å²) in [5.74, 6) is -1.11. The molecule has 0 amide bonds. The van der Waals surface area contributed by atoms with E-state index in [1.165, 1.54) is 12.1 Å². The van der Waals surface area contributed by atoms with E-state index in [9.17, 15) is 8.78 Å². The van der Waals surface area contributed by atoms with Crippen LogP contribution in [0.5, 0.6) is 0 Å². The van der Waals surface area contributed by atoms with Crippen LogP contribution >= 0.6 is 0 Å². The predicted molar refractivity (Wildman–Crippen MR) is 58.0 cm³/mol. The molecular weight excluding hydrogens is 212 g/mol. The van der Waals surface area contributed by atoms with Crippen molar-refractivity contribution in [2.45, 2.75) is 6.04 Å². The van der Waals surface area contributed by atoms with Crippen molar-refractivity contribution in [3.05, 3.63) is 41.5 Å². The summed E-state index contributed by atoms with van der Waals surface area (Å²) >= 11 is 0. The van der Waals surface area contributed by atoms with Gasteiger partial charge in [0.05, 0.1) is 13.2 Å². The van der Waals surface area contributed by atoms with Gasteiger partial charge in [0.1, 0.15) is 11.6 Å². The number of benzene rings is 1. The number of rotatable bonds is 2. The van der Waals surface area contributed by atoms with Gasteiger partial charge >= 0.3 is 0 Å². The van der Waals surface area contributed by atoms with Crippen LogP contribution < -0.4 is 5.32 Å². The highest BCUT2D eigenvalue weighted by Gasteiger charge is 2.09. The molecule has 0 spiro atoms. The summed E-state index contributed by atoms with van der Waals surface area (Å²) in [6.07, 6.45) is 3.47. The summed E-state index contributed by atoms with van der Waals surface area (Å²) in [5, 5.41) is 3.21. The van der Waals surface area contributed by atoms with E-state index in [-0.39, 0.29) is 6.04 Å². The van der Waals surface area contributed by atoms with Crippen LogP contribution in [0.3, 0.4) is 0 Å². The van der Waals surface area contributed by atoms with E-state index in [0.29, 0.717) is 18.8 Å². The van der Waals surface area contributed by atoms with Crippen molar-refractivity contribution in [1.82, 2.24) is 5.32 Å². The highest BCUT2D eigenvalue weighted by atomic mass is 19.1. The molecule has 1 aliphatic heterocycles. The van der Waals surface area contributed by atoms with Gasteiger partial charge in [0.25, 0.3) is 0 Å². The lowest BCUT2D eigenvalue weighted by Gasteiger charge is -2.20. The van der Waals surface area contributed by atoms with Gasteiger partial charge in [0.2, 0.25) is 0 Å². The van der Waals surface area contributed by atoms with Crippen molar-refractivity contribution in [3.63, 3.8) is 0 Å². The Bertz CT molecular complexity index is 387. The largest absolute Gasteiger partial charge is 0.378 e. The Morgan fingerprint density at radius 2 is 2.25 bits per heavy atom. The van der Waals surface area contributed by atoms with Gasteiger partial charge in [0, 0.05) is 24.2 Å². The van der Waals surface area contributed by atoms with Crippen molar-refractivity contribution in [1.29, 1.82) is 0 Å². The summed E-state index contributed by atoms with van der Waals surface area (Å²) in [4.78, 5) is 0. The predicted octanol–water partition coefficient (Wildman–Crippen LogP) is 1.97. The first-order chi connectivity index (χ1) is 7.75. The molecule has 0 saturated carbocycles. The molecule has 86 valence electrons. The monoisotopic (exact) mass is 225 g/mol. The van der Waals surface area contributed by atoms with E-state index in [2.05, 4.69) is 5.32 Å². The van der Waals surface area contributed by atoms with Crippen LogP contribution in [0.15, 0.2) is 24.3 Å². The van der Waals surface area contributed by atoms with Crippen molar-refractivity contribution in [3.8, 4) is 0 Å². The van der Waals surface area contributed by atoms with Crippen LogP contribution in [0.25, 0.3) is 6.08 Å². The summed E-state index contributed by atoms with van der Waals surface area (Å²) < 4.78 is 31.2. The Hall–Kier alpha value is -1.26. The van der Waals surface area contributed by atoms with Gasteiger partial charge in [-0.15, -0.1) is 0 Å². The fourth-order valence-electron chi connectivity index (χ4n) is 1.57. The number of hydrogen-bond donors (Lipinski definition) is 1. The van der Waals surface area contributed by atoms with Crippen molar-refractivity contribution in [2.24, 2.45) is 0 Å². The Kier molecular flexibility index (Phi) is 3.64. The zero-order chi connectivity index (χ0) is 11.4. The molecule has 2 nitrogen and oxygen atoms in total. The Morgan fingerprint density at radius 1 is 1.38 bits per heavy atom. The summed E-state index contributed by atoms with van der Waals surface area (Å²) in [6, 6.07) is 3.64. The summed E-state index contributed by atoms with van der Waals surface area (Å²) in [6.45, 7) is 2.08. The molecule has 0 aliphatic carbocycles. The van der Waals surface area contributed by atoms with Crippen molar-refractivity contribution >= 4 is 6.08 Å². The minimum Gasteiger partial charge on any atom is -0.378 e. The molecule has 1 fully saturated rings. The van der Waals surface area contributed by atoms with Crippen LogP contribution in [-0.4, -0.2) is 25.8 Å². The number of morpholine rings is 1. The molecule has 0 radical (unpaired) electrons. The second kappa shape index (κ2) is 5.18. The smallest absolute Gasteiger partial charge is 0.133 e. The van der Waals surface area contributed by atoms with E-state index < -0.39 is 11.6 Å². The van der Waals surface area contributed by atoms with Crippen LogP contribution in [0.1, 0.15) is 5.56 Å². The van der Waals surface area contributed by atoms with E-state index in [0.717, 1.165) is 12.6 Å².